The van der Waals surface area contributed by atoms with Gasteiger partial charge in [-0.3, -0.25) is 0 Å². The monoisotopic (exact) mass is 371 g/mol. The summed E-state index contributed by atoms with van der Waals surface area (Å²) in [7, 11) is -3.44. The Hall–Kier alpha value is -0.650. The van der Waals surface area contributed by atoms with Crippen molar-refractivity contribution in [1.29, 1.82) is 0 Å². The summed E-state index contributed by atoms with van der Waals surface area (Å²) >= 11 is 3.37. The molecule has 1 heterocycles. The molecular formula is C16H22BrNO2S. The van der Waals surface area contributed by atoms with Crippen molar-refractivity contribution in [3.8, 4) is 0 Å². The fraction of sp³-hybridized carbons (Fsp3) is 0.500. The Balaban J connectivity index is 2.29. The van der Waals surface area contributed by atoms with E-state index in [0.717, 1.165) is 12.0 Å². The van der Waals surface area contributed by atoms with Crippen molar-refractivity contribution in [1.82, 2.24) is 4.31 Å². The van der Waals surface area contributed by atoms with Gasteiger partial charge in [0.15, 0.2) is 0 Å². The molecule has 0 aliphatic carbocycles. The highest BCUT2D eigenvalue weighted by Crippen LogP contribution is 2.33. The van der Waals surface area contributed by atoms with Crippen LogP contribution in [0.3, 0.4) is 0 Å². The van der Waals surface area contributed by atoms with Gasteiger partial charge in [-0.1, -0.05) is 38.5 Å². The summed E-state index contributed by atoms with van der Waals surface area (Å²) in [5.41, 5.74) is 2.48. The van der Waals surface area contributed by atoms with Crippen LogP contribution in [0.2, 0.25) is 0 Å². The third-order valence-corrected chi connectivity index (χ3v) is 6.68. The SMILES string of the molecule is Cc1ccc(S(=O)(=O)N2CC=C(C(C)(C)C)CC2)c(Br)c1. The topological polar surface area (TPSA) is 37.4 Å². The lowest BCUT2D eigenvalue weighted by molar-refractivity contribution is 0.389. The van der Waals surface area contributed by atoms with Crippen molar-refractivity contribution in [2.45, 2.75) is 39.0 Å². The Morgan fingerprint density at radius 2 is 1.90 bits per heavy atom. The van der Waals surface area contributed by atoms with E-state index in [9.17, 15) is 8.42 Å². The Bertz CT molecular complexity index is 672. The van der Waals surface area contributed by atoms with E-state index >= 15 is 0 Å². The van der Waals surface area contributed by atoms with Crippen LogP contribution < -0.4 is 0 Å². The van der Waals surface area contributed by atoms with Crippen LogP contribution in [0.1, 0.15) is 32.8 Å². The summed E-state index contributed by atoms with van der Waals surface area (Å²) in [6.07, 6.45) is 2.86. The Morgan fingerprint density at radius 1 is 1.24 bits per heavy atom. The molecule has 0 fully saturated rings. The lowest BCUT2D eigenvalue weighted by atomic mass is 9.83. The first-order chi connectivity index (χ1) is 9.62. The molecule has 21 heavy (non-hydrogen) atoms. The summed E-state index contributed by atoms with van der Waals surface area (Å²) in [5, 5.41) is 0. The molecule has 0 spiro atoms. The van der Waals surface area contributed by atoms with Gasteiger partial charge < -0.3 is 0 Å². The predicted molar refractivity (Wildman–Crippen MR) is 89.8 cm³/mol. The molecule has 0 saturated carbocycles. The normalized spacial score (nSPS) is 17.7. The lowest BCUT2D eigenvalue weighted by Gasteiger charge is -2.31. The molecule has 2 rings (SSSR count). The first-order valence-corrected chi connectivity index (χ1v) is 9.31. The van der Waals surface area contributed by atoms with E-state index in [1.165, 1.54) is 5.57 Å². The van der Waals surface area contributed by atoms with Crippen LogP contribution >= 0.6 is 15.9 Å². The Kier molecular flexibility index (Phi) is 4.66. The zero-order chi connectivity index (χ0) is 15.8. The third-order valence-electron chi connectivity index (χ3n) is 3.84. The van der Waals surface area contributed by atoms with Crippen LogP contribution in [0.5, 0.6) is 0 Å². The minimum Gasteiger partial charge on any atom is -0.207 e. The van der Waals surface area contributed by atoms with E-state index in [1.807, 2.05) is 19.1 Å². The highest BCUT2D eigenvalue weighted by atomic mass is 79.9. The number of rotatable bonds is 2. The number of benzene rings is 1. The van der Waals surface area contributed by atoms with Crippen LogP contribution in [0, 0.1) is 12.3 Å². The van der Waals surface area contributed by atoms with Crippen LogP contribution in [0.25, 0.3) is 0 Å². The highest BCUT2D eigenvalue weighted by Gasteiger charge is 2.30. The molecule has 1 aliphatic rings. The van der Waals surface area contributed by atoms with Crippen molar-refractivity contribution in [3.05, 3.63) is 39.9 Å². The molecular weight excluding hydrogens is 350 g/mol. The molecule has 0 radical (unpaired) electrons. The van der Waals surface area contributed by atoms with Crippen molar-refractivity contribution >= 4 is 26.0 Å². The molecule has 0 atom stereocenters. The van der Waals surface area contributed by atoms with E-state index in [2.05, 4.69) is 42.8 Å². The largest absolute Gasteiger partial charge is 0.244 e. The quantitative estimate of drug-likeness (QED) is 0.733. The fourth-order valence-corrected chi connectivity index (χ4v) is 5.04. The molecule has 5 heteroatoms. The molecule has 1 aromatic rings. The van der Waals surface area contributed by atoms with E-state index in [4.69, 9.17) is 0 Å². The summed E-state index contributed by atoms with van der Waals surface area (Å²) < 4.78 is 27.7. The van der Waals surface area contributed by atoms with Gasteiger partial charge in [-0.15, -0.1) is 0 Å². The lowest BCUT2D eigenvalue weighted by Crippen LogP contribution is -2.36. The standard InChI is InChI=1S/C16H22BrNO2S/c1-12-5-6-15(14(17)11-12)21(19,20)18-9-7-13(8-10-18)16(2,3)4/h5-7,11H,8-10H2,1-4H3. The van der Waals surface area contributed by atoms with Gasteiger partial charge in [-0.05, 0) is 52.4 Å². The number of aryl methyl sites for hydroxylation is 1. The third kappa shape index (κ3) is 3.58. The van der Waals surface area contributed by atoms with E-state index in [0.29, 0.717) is 22.5 Å². The minimum absolute atomic E-state index is 0.111. The van der Waals surface area contributed by atoms with Gasteiger partial charge in [-0.25, -0.2) is 8.42 Å². The zero-order valence-corrected chi connectivity index (χ0v) is 15.4. The number of hydrogen-bond donors (Lipinski definition) is 0. The van der Waals surface area contributed by atoms with Gasteiger partial charge in [0.05, 0.1) is 4.90 Å². The number of halogens is 1. The van der Waals surface area contributed by atoms with Crippen LogP contribution in [0.4, 0.5) is 0 Å². The average Bonchev–Trinajstić information content (AvgIpc) is 2.37. The molecule has 1 aliphatic heterocycles. The van der Waals surface area contributed by atoms with Gasteiger partial charge in [0.2, 0.25) is 10.0 Å². The zero-order valence-electron chi connectivity index (χ0n) is 13.0. The Morgan fingerprint density at radius 3 is 2.38 bits per heavy atom. The van der Waals surface area contributed by atoms with Crippen molar-refractivity contribution in [3.63, 3.8) is 0 Å². The summed E-state index contributed by atoms with van der Waals surface area (Å²) in [5.74, 6) is 0. The van der Waals surface area contributed by atoms with E-state index in [-0.39, 0.29) is 5.41 Å². The van der Waals surface area contributed by atoms with Gasteiger partial charge in [0, 0.05) is 17.6 Å². The fourth-order valence-electron chi connectivity index (χ4n) is 2.50. The second kappa shape index (κ2) is 5.86. The van der Waals surface area contributed by atoms with Crippen LogP contribution in [-0.4, -0.2) is 25.8 Å². The second-order valence-corrected chi connectivity index (χ2v) is 9.29. The van der Waals surface area contributed by atoms with Crippen LogP contribution in [0.15, 0.2) is 39.2 Å². The summed E-state index contributed by atoms with van der Waals surface area (Å²) in [6.45, 7) is 9.44. The molecule has 0 amide bonds. The molecule has 0 aromatic heterocycles. The molecule has 0 bridgehead atoms. The maximum absolute atomic E-state index is 12.7. The average molecular weight is 372 g/mol. The molecule has 0 unspecified atom stereocenters. The first-order valence-electron chi connectivity index (χ1n) is 7.08. The van der Waals surface area contributed by atoms with Crippen molar-refractivity contribution < 1.29 is 8.42 Å². The first kappa shape index (κ1) is 16.7. The van der Waals surface area contributed by atoms with Gasteiger partial charge in [-0.2, -0.15) is 4.31 Å². The van der Waals surface area contributed by atoms with Crippen molar-refractivity contribution in [2.24, 2.45) is 5.41 Å². The van der Waals surface area contributed by atoms with Gasteiger partial charge >= 0.3 is 0 Å². The predicted octanol–water partition coefficient (Wildman–Crippen LogP) is 4.12. The summed E-state index contributed by atoms with van der Waals surface area (Å²) in [4.78, 5) is 0.348. The summed E-state index contributed by atoms with van der Waals surface area (Å²) in [6, 6.07) is 5.35. The molecule has 0 N–H and O–H groups in total. The molecule has 1 aromatic carbocycles. The van der Waals surface area contributed by atoms with Gasteiger partial charge in [0.25, 0.3) is 0 Å². The van der Waals surface area contributed by atoms with E-state index in [1.54, 1.807) is 10.4 Å². The van der Waals surface area contributed by atoms with Crippen molar-refractivity contribution in [2.75, 3.05) is 13.1 Å². The maximum Gasteiger partial charge on any atom is 0.244 e. The smallest absolute Gasteiger partial charge is 0.207 e. The number of nitrogens with zero attached hydrogens (tertiary/aromatic N) is 1. The minimum atomic E-state index is -3.44. The maximum atomic E-state index is 12.7. The number of hydrogen-bond acceptors (Lipinski definition) is 2. The molecule has 116 valence electrons. The number of sulfonamides is 1. The Labute approximate surface area is 136 Å². The highest BCUT2D eigenvalue weighted by molar-refractivity contribution is 9.10. The molecule has 3 nitrogen and oxygen atoms in total. The second-order valence-electron chi connectivity index (χ2n) is 6.53. The van der Waals surface area contributed by atoms with Crippen LogP contribution in [-0.2, 0) is 10.0 Å². The molecule has 0 saturated heterocycles. The van der Waals surface area contributed by atoms with Gasteiger partial charge in [0.1, 0.15) is 0 Å². The van der Waals surface area contributed by atoms with E-state index < -0.39 is 10.0 Å².